The van der Waals surface area contributed by atoms with Crippen LogP contribution in [-0.4, -0.2) is 58.8 Å². The van der Waals surface area contributed by atoms with Gasteiger partial charge in [-0.1, -0.05) is 41.9 Å². The van der Waals surface area contributed by atoms with Crippen molar-refractivity contribution < 1.29 is 9.53 Å². The molecule has 1 amide bonds. The fourth-order valence-electron chi connectivity index (χ4n) is 2.33. The van der Waals surface area contributed by atoms with E-state index in [4.69, 9.17) is 39.4 Å². The van der Waals surface area contributed by atoms with E-state index < -0.39 is 0 Å². The lowest BCUT2D eigenvalue weighted by Crippen LogP contribution is -2.19. The summed E-state index contributed by atoms with van der Waals surface area (Å²) in [6, 6.07) is 3.28. The van der Waals surface area contributed by atoms with E-state index in [1.807, 2.05) is 25.9 Å². The van der Waals surface area contributed by atoms with Crippen molar-refractivity contribution in [2.75, 3.05) is 38.7 Å². The number of ether oxygens (including phenoxy) is 1. The third kappa shape index (κ3) is 7.50. The lowest BCUT2D eigenvalue weighted by molar-refractivity contribution is -0.118. The van der Waals surface area contributed by atoms with Gasteiger partial charge in [-0.15, -0.1) is 0 Å². The fourth-order valence-corrected chi connectivity index (χ4v) is 3.71. The highest BCUT2D eigenvalue weighted by Gasteiger charge is 2.16. The molecule has 1 unspecified atom stereocenters. The van der Waals surface area contributed by atoms with Gasteiger partial charge in [-0.25, -0.2) is 4.98 Å². The number of aromatic nitrogens is 3. The van der Waals surface area contributed by atoms with E-state index in [0.717, 1.165) is 6.54 Å². The maximum Gasteiger partial charge on any atom is 0.224 e. The molecule has 29 heavy (non-hydrogen) atoms. The predicted octanol–water partition coefficient (Wildman–Crippen LogP) is 2.97. The Balaban J connectivity index is 2.24. The third-order valence-corrected chi connectivity index (χ3v) is 5.52. The van der Waals surface area contributed by atoms with Gasteiger partial charge >= 0.3 is 0 Å². The molecule has 1 aromatic carbocycles. The topological polar surface area (TPSA) is 120 Å². The number of rotatable bonds is 10. The molecule has 0 spiro atoms. The summed E-state index contributed by atoms with van der Waals surface area (Å²) in [4.78, 5) is 25.8. The SMILES string of the molecule is CC(CSc1nc(N)nc(-c2cc(OCCN(C)C)c(Cl)cc2Cl)n1)CC(N)=O. The molecule has 4 N–H and O–H groups in total. The van der Waals surface area contributed by atoms with Crippen LogP contribution in [0, 0.1) is 5.92 Å². The first-order valence-corrected chi connectivity index (χ1v) is 10.6. The molecule has 1 heterocycles. The molecule has 0 bridgehead atoms. The molecule has 11 heteroatoms. The van der Waals surface area contributed by atoms with Gasteiger partial charge in [0.05, 0.1) is 10.0 Å². The summed E-state index contributed by atoms with van der Waals surface area (Å²) in [7, 11) is 3.91. The standard InChI is InChI=1S/C18H24Cl2N6O2S/c1-10(6-15(21)27)9-29-18-24-16(23-17(22)25-18)11-7-14(13(20)8-12(11)19)28-5-4-26(2)3/h7-8,10H,4-6,9H2,1-3H3,(H2,21,27)(H2,22,23,24,25). The number of hydrogen-bond acceptors (Lipinski definition) is 8. The zero-order valence-corrected chi connectivity index (χ0v) is 18.8. The van der Waals surface area contributed by atoms with Gasteiger partial charge in [-0.05, 0) is 32.1 Å². The van der Waals surface area contributed by atoms with E-state index in [1.165, 1.54) is 11.8 Å². The maximum absolute atomic E-state index is 11.0. The van der Waals surface area contributed by atoms with Gasteiger partial charge < -0.3 is 21.1 Å². The molecule has 2 rings (SSSR count). The number of nitrogens with two attached hydrogens (primary N) is 2. The molecule has 8 nitrogen and oxygen atoms in total. The third-order valence-electron chi connectivity index (χ3n) is 3.74. The van der Waals surface area contributed by atoms with Crippen LogP contribution in [0.1, 0.15) is 13.3 Å². The monoisotopic (exact) mass is 458 g/mol. The highest BCUT2D eigenvalue weighted by Crippen LogP contribution is 2.36. The van der Waals surface area contributed by atoms with E-state index >= 15 is 0 Å². The van der Waals surface area contributed by atoms with Crippen molar-refractivity contribution in [3.05, 3.63) is 22.2 Å². The first-order valence-electron chi connectivity index (χ1n) is 8.85. The Morgan fingerprint density at radius 2 is 1.97 bits per heavy atom. The summed E-state index contributed by atoms with van der Waals surface area (Å²) in [5.74, 6) is 1.22. The zero-order chi connectivity index (χ0) is 21.6. The first-order chi connectivity index (χ1) is 13.7. The van der Waals surface area contributed by atoms with Crippen LogP contribution in [0.3, 0.4) is 0 Å². The Kier molecular flexibility index (Phi) is 8.76. The molecule has 1 atom stereocenters. The van der Waals surface area contributed by atoms with Crippen LogP contribution in [0.15, 0.2) is 17.3 Å². The van der Waals surface area contributed by atoms with E-state index in [1.54, 1.807) is 12.1 Å². The predicted molar refractivity (Wildman–Crippen MR) is 117 cm³/mol. The Hall–Kier alpha value is -1.81. The molecule has 0 radical (unpaired) electrons. The van der Waals surface area contributed by atoms with Crippen molar-refractivity contribution in [1.82, 2.24) is 19.9 Å². The molecule has 0 aliphatic heterocycles. The van der Waals surface area contributed by atoms with Gasteiger partial charge in [0.2, 0.25) is 11.9 Å². The Labute approximate surface area is 184 Å². The second kappa shape index (κ2) is 10.8. The maximum atomic E-state index is 11.0. The second-order valence-corrected chi connectivity index (χ2v) is 8.60. The van der Waals surface area contributed by atoms with Crippen molar-refractivity contribution in [2.45, 2.75) is 18.5 Å². The van der Waals surface area contributed by atoms with Crippen LogP contribution in [0.2, 0.25) is 10.0 Å². The largest absolute Gasteiger partial charge is 0.491 e. The quantitative estimate of drug-likeness (QED) is 0.521. The van der Waals surface area contributed by atoms with Crippen molar-refractivity contribution in [2.24, 2.45) is 11.7 Å². The molecule has 2 aromatic rings. The Morgan fingerprint density at radius 1 is 1.24 bits per heavy atom. The first kappa shape index (κ1) is 23.5. The molecule has 0 aliphatic rings. The van der Waals surface area contributed by atoms with Crippen molar-refractivity contribution in [3.8, 4) is 17.1 Å². The number of carbonyl (C=O) groups excluding carboxylic acids is 1. The van der Waals surface area contributed by atoms with Crippen LogP contribution in [-0.2, 0) is 4.79 Å². The van der Waals surface area contributed by atoms with Crippen LogP contribution >= 0.6 is 35.0 Å². The molecular weight excluding hydrogens is 435 g/mol. The minimum atomic E-state index is -0.344. The van der Waals surface area contributed by atoms with Crippen LogP contribution in [0.25, 0.3) is 11.4 Å². The number of nitrogen functional groups attached to an aromatic ring is 1. The highest BCUT2D eigenvalue weighted by atomic mass is 35.5. The van der Waals surface area contributed by atoms with Gasteiger partial charge in [0, 0.05) is 24.3 Å². The highest BCUT2D eigenvalue weighted by molar-refractivity contribution is 7.99. The lowest BCUT2D eigenvalue weighted by Gasteiger charge is -2.14. The van der Waals surface area contributed by atoms with Crippen LogP contribution < -0.4 is 16.2 Å². The smallest absolute Gasteiger partial charge is 0.224 e. The molecule has 0 saturated carbocycles. The van der Waals surface area contributed by atoms with Crippen molar-refractivity contribution in [3.63, 3.8) is 0 Å². The van der Waals surface area contributed by atoms with Crippen molar-refractivity contribution in [1.29, 1.82) is 0 Å². The summed E-state index contributed by atoms with van der Waals surface area (Å²) in [5, 5.41) is 1.21. The van der Waals surface area contributed by atoms with Crippen LogP contribution in [0.5, 0.6) is 5.75 Å². The van der Waals surface area contributed by atoms with E-state index in [-0.39, 0.29) is 24.2 Å². The minimum Gasteiger partial charge on any atom is -0.491 e. The number of anilines is 1. The summed E-state index contributed by atoms with van der Waals surface area (Å²) in [6.07, 6.45) is 0.289. The molecule has 0 fully saturated rings. The Morgan fingerprint density at radius 3 is 2.62 bits per heavy atom. The van der Waals surface area contributed by atoms with Gasteiger partial charge in [-0.3, -0.25) is 4.79 Å². The summed E-state index contributed by atoms with van der Waals surface area (Å²) >= 11 is 14.0. The number of nitrogens with zero attached hydrogens (tertiary/aromatic N) is 4. The fraction of sp³-hybridized carbons (Fsp3) is 0.444. The number of halogens is 2. The number of carbonyl (C=O) groups is 1. The average Bonchev–Trinajstić information content (AvgIpc) is 2.60. The number of benzene rings is 1. The van der Waals surface area contributed by atoms with Gasteiger partial charge in [0.25, 0.3) is 0 Å². The number of primary amides is 1. The van der Waals surface area contributed by atoms with Gasteiger partial charge in [0.1, 0.15) is 12.4 Å². The molecule has 0 aliphatic carbocycles. The van der Waals surface area contributed by atoms with E-state index in [9.17, 15) is 4.79 Å². The number of likely N-dealkylation sites (N-methyl/N-ethyl adjacent to an activating group) is 1. The molecule has 1 aromatic heterocycles. The molecule has 0 saturated heterocycles. The molecule has 158 valence electrons. The number of hydrogen-bond donors (Lipinski definition) is 2. The molecular formula is C18H24Cl2N6O2S. The minimum absolute atomic E-state index is 0.0705. The van der Waals surface area contributed by atoms with E-state index in [0.29, 0.717) is 44.7 Å². The average molecular weight is 459 g/mol. The lowest BCUT2D eigenvalue weighted by atomic mass is 10.1. The van der Waals surface area contributed by atoms with Gasteiger partial charge in [-0.2, -0.15) is 9.97 Å². The normalized spacial score (nSPS) is 12.2. The summed E-state index contributed by atoms with van der Waals surface area (Å²) < 4.78 is 5.76. The van der Waals surface area contributed by atoms with Crippen LogP contribution in [0.4, 0.5) is 5.95 Å². The number of thioether (sulfide) groups is 1. The number of amides is 1. The zero-order valence-electron chi connectivity index (χ0n) is 16.5. The summed E-state index contributed by atoms with van der Waals surface area (Å²) in [5.41, 5.74) is 11.6. The second-order valence-electron chi connectivity index (χ2n) is 6.80. The van der Waals surface area contributed by atoms with Gasteiger partial charge in [0.15, 0.2) is 11.0 Å². The van der Waals surface area contributed by atoms with E-state index in [2.05, 4.69) is 15.0 Å². The van der Waals surface area contributed by atoms with Crippen molar-refractivity contribution >= 4 is 46.8 Å². The summed E-state index contributed by atoms with van der Waals surface area (Å²) in [6.45, 7) is 3.12. The Bertz CT molecular complexity index is 868.